The smallest absolute Gasteiger partial charge is 0.310 e. The molecule has 2 aliphatic heterocycles. The van der Waals surface area contributed by atoms with Crippen LogP contribution >= 0.6 is 0 Å². The first-order valence-electron chi connectivity index (χ1n) is 10.7. The predicted molar refractivity (Wildman–Crippen MR) is 114 cm³/mol. The van der Waals surface area contributed by atoms with Gasteiger partial charge in [-0.2, -0.15) is 0 Å². The summed E-state index contributed by atoms with van der Waals surface area (Å²) in [6.45, 7) is 9.86. The fourth-order valence-corrected chi connectivity index (χ4v) is 4.12. The number of para-hydroxylation sites is 1. The highest BCUT2D eigenvalue weighted by molar-refractivity contribution is 5.81. The van der Waals surface area contributed by atoms with Crippen LogP contribution in [0.5, 0.6) is 0 Å². The Morgan fingerprint density at radius 1 is 1.18 bits per heavy atom. The summed E-state index contributed by atoms with van der Waals surface area (Å²) < 4.78 is 5.23. The first-order chi connectivity index (χ1) is 13.7. The molecule has 1 aromatic carbocycles. The van der Waals surface area contributed by atoms with E-state index in [0.29, 0.717) is 19.1 Å². The number of anilines is 1. The molecule has 0 amide bonds. The van der Waals surface area contributed by atoms with Crippen molar-refractivity contribution in [1.29, 1.82) is 0 Å². The van der Waals surface area contributed by atoms with E-state index in [0.717, 1.165) is 51.5 Å². The molecule has 2 unspecified atom stereocenters. The van der Waals surface area contributed by atoms with E-state index in [4.69, 9.17) is 9.73 Å². The van der Waals surface area contributed by atoms with Gasteiger partial charge in [0.1, 0.15) is 0 Å². The molecule has 1 N–H and O–H groups in total. The van der Waals surface area contributed by atoms with Gasteiger partial charge in [-0.25, -0.2) is 0 Å². The number of carbonyl (C=O) groups is 1. The summed E-state index contributed by atoms with van der Waals surface area (Å²) in [5.41, 5.74) is 1.30. The summed E-state index contributed by atoms with van der Waals surface area (Å²) in [4.78, 5) is 21.8. The Labute approximate surface area is 168 Å². The van der Waals surface area contributed by atoms with Gasteiger partial charge in [0, 0.05) is 45.0 Å². The number of nitrogens with zero attached hydrogens (tertiary/aromatic N) is 3. The second-order valence-corrected chi connectivity index (χ2v) is 7.67. The minimum atomic E-state index is -0.0719. The molecule has 0 saturated carbocycles. The van der Waals surface area contributed by atoms with Crippen molar-refractivity contribution in [2.24, 2.45) is 16.8 Å². The van der Waals surface area contributed by atoms with Crippen molar-refractivity contribution < 1.29 is 9.53 Å². The molecule has 0 aromatic heterocycles. The molecule has 2 fully saturated rings. The molecule has 0 aliphatic carbocycles. The fraction of sp³-hybridized carbons (Fsp3) is 0.636. The molecule has 2 aliphatic rings. The normalized spacial score (nSPS) is 23.0. The number of hydrogen-bond acceptors (Lipinski definition) is 4. The molecule has 2 atom stereocenters. The third-order valence-corrected chi connectivity index (χ3v) is 5.58. The van der Waals surface area contributed by atoms with Crippen LogP contribution in [0, 0.1) is 11.8 Å². The number of guanidine groups is 1. The van der Waals surface area contributed by atoms with Crippen molar-refractivity contribution >= 4 is 17.6 Å². The maximum Gasteiger partial charge on any atom is 0.310 e. The van der Waals surface area contributed by atoms with Crippen LogP contribution < -0.4 is 10.2 Å². The Bertz CT molecular complexity index is 649. The maximum absolute atomic E-state index is 12.1. The number of piperidine rings is 1. The first-order valence-corrected chi connectivity index (χ1v) is 10.7. The Hall–Kier alpha value is -2.24. The molecule has 154 valence electrons. The molecule has 28 heavy (non-hydrogen) atoms. The summed E-state index contributed by atoms with van der Waals surface area (Å²) in [5, 5.41) is 3.42. The lowest BCUT2D eigenvalue weighted by Gasteiger charge is -2.34. The maximum atomic E-state index is 12.1. The fourth-order valence-electron chi connectivity index (χ4n) is 4.12. The minimum Gasteiger partial charge on any atom is -0.466 e. The number of likely N-dealkylation sites (tertiary alicyclic amines) is 1. The van der Waals surface area contributed by atoms with Crippen molar-refractivity contribution in [3.05, 3.63) is 30.3 Å². The molecule has 6 heteroatoms. The van der Waals surface area contributed by atoms with Crippen LogP contribution in [0.4, 0.5) is 5.69 Å². The average molecular weight is 387 g/mol. The van der Waals surface area contributed by atoms with Gasteiger partial charge in [0.15, 0.2) is 5.96 Å². The van der Waals surface area contributed by atoms with Crippen LogP contribution in [-0.2, 0) is 9.53 Å². The van der Waals surface area contributed by atoms with Gasteiger partial charge in [0.25, 0.3) is 0 Å². The van der Waals surface area contributed by atoms with Crippen LogP contribution in [0.1, 0.15) is 33.1 Å². The Kier molecular flexibility index (Phi) is 7.57. The van der Waals surface area contributed by atoms with Gasteiger partial charge in [0.2, 0.25) is 0 Å². The topological polar surface area (TPSA) is 57.2 Å². The lowest BCUT2D eigenvalue weighted by molar-refractivity contribution is -0.149. The van der Waals surface area contributed by atoms with Crippen LogP contribution in [0.25, 0.3) is 0 Å². The van der Waals surface area contributed by atoms with E-state index < -0.39 is 0 Å². The van der Waals surface area contributed by atoms with E-state index in [9.17, 15) is 4.79 Å². The number of rotatable bonds is 6. The van der Waals surface area contributed by atoms with Crippen molar-refractivity contribution in [2.45, 2.75) is 33.1 Å². The third kappa shape index (κ3) is 5.40. The van der Waals surface area contributed by atoms with Crippen molar-refractivity contribution in [1.82, 2.24) is 10.2 Å². The number of benzene rings is 1. The highest BCUT2D eigenvalue weighted by Crippen LogP contribution is 2.24. The van der Waals surface area contributed by atoms with Crippen LogP contribution in [0.2, 0.25) is 0 Å². The molecule has 0 bridgehead atoms. The summed E-state index contributed by atoms with van der Waals surface area (Å²) in [7, 11) is 0. The van der Waals surface area contributed by atoms with Gasteiger partial charge in [-0.3, -0.25) is 9.79 Å². The summed E-state index contributed by atoms with van der Waals surface area (Å²) in [5.74, 6) is 1.39. The molecular weight excluding hydrogens is 352 g/mol. The third-order valence-electron chi connectivity index (χ3n) is 5.58. The van der Waals surface area contributed by atoms with Gasteiger partial charge in [0.05, 0.1) is 12.5 Å². The van der Waals surface area contributed by atoms with Gasteiger partial charge >= 0.3 is 5.97 Å². The van der Waals surface area contributed by atoms with Crippen molar-refractivity contribution in [2.75, 3.05) is 50.8 Å². The largest absolute Gasteiger partial charge is 0.466 e. The zero-order valence-electron chi connectivity index (χ0n) is 17.3. The Balaban J connectivity index is 1.57. The summed E-state index contributed by atoms with van der Waals surface area (Å²) in [6, 6.07) is 10.6. The monoisotopic (exact) mass is 386 g/mol. The number of hydrogen-bond donors (Lipinski definition) is 1. The van der Waals surface area contributed by atoms with Gasteiger partial charge < -0.3 is 19.9 Å². The number of aliphatic imine (C=N–C) groups is 1. The minimum absolute atomic E-state index is 0.0439. The zero-order chi connectivity index (χ0) is 19.8. The first kappa shape index (κ1) is 20.5. The second kappa shape index (κ2) is 10.3. The van der Waals surface area contributed by atoms with E-state index in [1.165, 1.54) is 12.1 Å². The van der Waals surface area contributed by atoms with E-state index >= 15 is 0 Å². The molecule has 6 nitrogen and oxygen atoms in total. The molecular formula is C22H34N4O2. The SMILES string of the molecule is CCNC(=NCC1CCN(c2ccccc2)C1)N1CCCC(C(=O)OCC)C1. The van der Waals surface area contributed by atoms with Crippen LogP contribution in [0.15, 0.2) is 35.3 Å². The lowest BCUT2D eigenvalue weighted by Crippen LogP contribution is -2.48. The summed E-state index contributed by atoms with van der Waals surface area (Å²) >= 11 is 0. The van der Waals surface area contributed by atoms with Crippen molar-refractivity contribution in [3.8, 4) is 0 Å². The van der Waals surface area contributed by atoms with E-state index in [1.807, 2.05) is 6.92 Å². The average Bonchev–Trinajstić information content (AvgIpc) is 3.21. The van der Waals surface area contributed by atoms with E-state index in [-0.39, 0.29) is 11.9 Å². The number of esters is 1. The van der Waals surface area contributed by atoms with Crippen LogP contribution in [-0.4, -0.2) is 62.7 Å². The lowest BCUT2D eigenvalue weighted by atomic mass is 9.98. The molecule has 0 spiro atoms. The predicted octanol–water partition coefficient (Wildman–Crippen LogP) is 2.75. The summed E-state index contributed by atoms with van der Waals surface area (Å²) in [6.07, 6.45) is 3.08. The Morgan fingerprint density at radius 3 is 2.75 bits per heavy atom. The number of nitrogens with one attached hydrogen (secondary N) is 1. The van der Waals surface area contributed by atoms with Crippen molar-refractivity contribution in [3.63, 3.8) is 0 Å². The van der Waals surface area contributed by atoms with Crippen LogP contribution in [0.3, 0.4) is 0 Å². The molecule has 2 saturated heterocycles. The molecule has 3 rings (SSSR count). The quantitative estimate of drug-likeness (QED) is 0.463. The Morgan fingerprint density at radius 2 is 2.00 bits per heavy atom. The van der Waals surface area contributed by atoms with Gasteiger partial charge in [-0.05, 0) is 51.2 Å². The highest BCUT2D eigenvalue weighted by atomic mass is 16.5. The highest BCUT2D eigenvalue weighted by Gasteiger charge is 2.29. The standard InChI is InChI=1S/C22H34N4O2/c1-3-23-22(26-13-8-9-19(17-26)21(27)28-4-2)24-15-18-12-14-25(16-18)20-10-6-5-7-11-20/h5-7,10-11,18-19H,3-4,8-9,12-17H2,1-2H3,(H,23,24). The number of ether oxygens (including phenoxy) is 1. The molecule has 2 heterocycles. The van der Waals surface area contributed by atoms with Gasteiger partial charge in [-0.1, -0.05) is 18.2 Å². The number of carbonyl (C=O) groups excluding carboxylic acids is 1. The second-order valence-electron chi connectivity index (χ2n) is 7.67. The zero-order valence-corrected chi connectivity index (χ0v) is 17.3. The van der Waals surface area contributed by atoms with Gasteiger partial charge in [-0.15, -0.1) is 0 Å². The van der Waals surface area contributed by atoms with E-state index in [2.05, 4.69) is 52.4 Å². The van der Waals surface area contributed by atoms with E-state index in [1.54, 1.807) is 0 Å². The molecule has 0 radical (unpaired) electrons. The molecule has 1 aromatic rings.